The summed E-state index contributed by atoms with van der Waals surface area (Å²) in [6.07, 6.45) is 2.67. The third-order valence-electron chi connectivity index (χ3n) is 2.69. The normalized spacial score (nSPS) is 22.9. The summed E-state index contributed by atoms with van der Waals surface area (Å²) in [7, 11) is -2.84. The van der Waals surface area contributed by atoms with E-state index in [1.54, 1.807) is 0 Å². The average molecular weight is 248 g/mol. The molecule has 94 valence electrons. The summed E-state index contributed by atoms with van der Waals surface area (Å²) in [5.41, 5.74) is 0. The molecule has 0 aromatic carbocycles. The second kappa shape index (κ2) is 6.08. The van der Waals surface area contributed by atoms with Gasteiger partial charge in [-0.3, -0.25) is 0 Å². The van der Waals surface area contributed by atoms with Crippen LogP contribution in [0, 0.1) is 5.92 Å². The maximum atomic E-state index is 11.3. The summed E-state index contributed by atoms with van der Waals surface area (Å²) >= 11 is 0. The fourth-order valence-corrected chi connectivity index (χ4v) is 3.57. The Bertz CT molecular complexity index is 327. The van der Waals surface area contributed by atoms with Gasteiger partial charge < -0.3 is 10.6 Å². The third kappa shape index (κ3) is 4.83. The highest BCUT2D eigenvalue weighted by Gasteiger charge is 2.27. The minimum atomic E-state index is -2.84. The average Bonchev–Trinajstić information content (AvgIpc) is 2.56. The van der Waals surface area contributed by atoms with Gasteiger partial charge in [-0.1, -0.05) is 13.3 Å². The number of carbonyl (C=O) groups excluding carboxylic acids is 1. The Morgan fingerprint density at radius 2 is 2.12 bits per heavy atom. The van der Waals surface area contributed by atoms with Crippen LogP contribution in [0.5, 0.6) is 0 Å². The first-order valence-electron chi connectivity index (χ1n) is 5.75. The molecule has 1 unspecified atom stereocenters. The molecule has 1 saturated heterocycles. The van der Waals surface area contributed by atoms with Gasteiger partial charge in [-0.15, -0.1) is 0 Å². The van der Waals surface area contributed by atoms with Crippen molar-refractivity contribution < 1.29 is 13.2 Å². The highest BCUT2D eigenvalue weighted by atomic mass is 32.2. The van der Waals surface area contributed by atoms with Crippen molar-refractivity contribution in [1.29, 1.82) is 0 Å². The zero-order valence-electron chi connectivity index (χ0n) is 9.66. The SMILES string of the molecule is CCCCNC(=O)NCC1CCS(=O)(=O)C1. The molecule has 2 N–H and O–H groups in total. The number of urea groups is 1. The van der Waals surface area contributed by atoms with E-state index in [2.05, 4.69) is 17.6 Å². The lowest BCUT2D eigenvalue weighted by molar-refractivity contribution is 0.239. The standard InChI is InChI=1S/C10H20N2O3S/c1-2-3-5-11-10(13)12-7-9-4-6-16(14,15)8-9/h9H,2-8H2,1H3,(H2,11,12,13). The van der Waals surface area contributed by atoms with Crippen LogP contribution in [0.25, 0.3) is 0 Å². The van der Waals surface area contributed by atoms with Crippen molar-refractivity contribution in [3.05, 3.63) is 0 Å². The van der Waals surface area contributed by atoms with Gasteiger partial charge in [0.25, 0.3) is 0 Å². The van der Waals surface area contributed by atoms with Crippen molar-refractivity contribution in [3.8, 4) is 0 Å². The van der Waals surface area contributed by atoms with E-state index in [0.717, 1.165) is 12.8 Å². The van der Waals surface area contributed by atoms with Gasteiger partial charge in [0, 0.05) is 13.1 Å². The first-order valence-corrected chi connectivity index (χ1v) is 7.58. The van der Waals surface area contributed by atoms with Crippen LogP contribution in [0.1, 0.15) is 26.2 Å². The molecule has 1 aliphatic rings. The van der Waals surface area contributed by atoms with Crippen molar-refractivity contribution in [2.45, 2.75) is 26.2 Å². The van der Waals surface area contributed by atoms with E-state index in [4.69, 9.17) is 0 Å². The molecule has 0 spiro atoms. The number of hydrogen-bond acceptors (Lipinski definition) is 3. The lowest BCUT2D eigenvalue weighted by Gasteiger charge is -2.10. The quantitative estimate of drug-likeness (QED) is 0.696. The summed E-state index contributed by atoms with van der Waals surface area (Å²) < 4.78 is 22.3. The Hall–Kier alpha value is -0.780. The molecule has 0 radical (unpaired) electrons. The van der Waals surface area contributed by atoms with Crippen LogP contribution in [0.3, 0.4) is 0 Å². The summed E-state index contributed by atoms with van der Waals surface area (Å²) in [5, 5.41) is 5.44. The number of rotatable bonds is 5. The van der Waals surface area contributed by atoms with Gasteiger partial charge in [0.2, 0.25) is 0 Å². The van der Waals surface area contributed by atoms with Crippen molar-refractivity contribution in [1.82, 2.24) is 10.6 Å². The second-order valence-electron chi connectivity index (χ2n) is 4.26. The van der Waals surface area contributed by atoms with Crippen LogP contribution in [0.15, 0.2) is 0 Å². The van der Waals surface area contributed by atoms with Crippen LogP contribution in [-0.4, -0.2) is 39.0 Å². The molecule has 6 heteroatoms. The first-order chi connectivity index (χ1) is 7.53. The van der Waals surface area contributed by atoms with Crippen molar-refractivity contribution in [3.63, 3.8) is 0 Å². The number of unbranched alkanes of at least 4 members (excludes halogenated alkanes) is 1. The smallest absolute Gasteiger partial charge is 0.314 e. The van der Waals surface area contributed by atoms with Gasteiger partial charge in [-0.2, -0.15) is 0 Å². The fourth-order valence-electron chi connectivity index (χ4n) is 1.71. The lowest BCUT2D eigenvalue weighted by atomic mass is 10.1. The van der Waals surface area contributed by atoms with Crippen LogP contribution in [0.2, 0.25) is 0 Å². The Labute approximate surface area is 96.9 Å². The van der Waals surface area contributed by atoms with Gasteiger partial charge in [-0.05, 0) is 18.8 Å². The van der Waals surface area contributed by atoms with E-state index in [-0.39, 0.29) is 23.5 Å². The predicted octanol–water partition coefficient (Wildman–Crippen LogP) is 0.520. The molecule has 5 nitrogen and oxygen atoms in total. The Kier molecular flexibility index (Phi) is 5.05. The monoisotopic (exact) mass is 248 g/mol. The molecular weight excluding hydrogens is 228 g/mol. The number of hydrogen-bond donors (Lipinski definition) is 2. The fraction of sp³-hybridized carbons (Fsp3) is 0.900. The first kappa shape index (κ1) is 13.3. The minimum Gasteiger partial charge on any atom is -0.338 e. The van der Waals surface area contributed by atoms with E-state index in [1.807, 2.05) is 0 Å². The molecule has 1 fully saturated rings. The van der Waals surface area contributed by atoms with E-state index in [0.29, 0.717) is 19.5 Å². The molecule has 0 aliphatic carbocycles. The Morgan fingerprint density at radius 1 is 1.38 bits per heavy atom. The highest BCUT2D eigenvalue weighted by Crippen LogP contribution is 2.17. The molecule has 1 atom stereocenters. The van der Waals surface area contributed by atoms with Crippen molar-refractivity contribution in [2.75, 3.05) is 24.6 Å². The van der Waals surface area contributed by atoms with Gasteiger partial charge in [0.15, 0.2) is 9.84 Å². The van der Waals surface area contributed by atoms with Crippen molar-refractivity contribution >= 4 is 15.9 Å². The summed E-state index contributed by atoms with van der Waals surface area (Å²) in [5.74, 6) is 0.556. The van der Waals surface area contributed by atoms with E-state index < -0.39 is 9.84 Å². The minimum absolute atomic E-state index is 0.0851. The lowest BCUT2D eigenvalue weighted by Crippen LogP contribution is -2.38. The number of nitrogens with one attached hydrogen (secondary N) is 2. The van der Waals surface area contributed by atoms with Crippen molar-refractivity contribution in [2.24, 2.45) is 5.92 Å². The Morgan fingerprint density at radius 3 is 2.69 bits per heavy atom. The topological polar surface area (TPSA) is 75.3 Å². The number of amides is 2. The van der Waals surface area contributed by atoms with Crippen LogP contribution in [0.4, 0.5) is 4.79 Å². The van der Waals surface area contributed by atoms with E-state index >= 15 is 0 Å². The highest BCUT2D eigenvalue weighted by molar-refractivity contribution is 7.91. The largest absolute Gasteiger partial charge is 0.338 e. The van der Waals surface area contributed by atoms with E-state index in [1.165, 1.54) is 0 Å². The third-order valence-corrected chi connectivity index (χ3v) is 4.53. The molecule has 1 heterocycles. The second-order valence-corrected chi connectivity index (χ2v) is 6.49. The molecule has 2 amide bonds. The molecule has 0 aromatic heterocycles. The maximum Gasteiger partial charge on any atom is 0.314 e. The van der Waals surface area contributed by atoms with Crippen LogP contribution in [-0.2, 0) is 9.84 Å². The number of carbonyl (C=O) groups is 1. The summed E-state index contributed by atoms with van der Waals surface area (Å²) in [6.45, 7) is 3.19. The Balaban J connectivity index is 2.13. The molecule has 1 aliphatic heterocycles. The summed E-state index contributed by atoms with van der Waals surface area (Å²) in [6, 6.07) is -0.197. The van der Waals surface area contributed by atoms with E-state index in [9.17, 15) is 13.2 Å². The summed E-state index contributed by atoms with van der Waals surface area (Å²) in [4.78, 5) is 11.3. The molecular formula is C10H20N2O3S. The van der Waals surface area contributed by atoms with Gasteiger partial charge in [0.05, 0.1) is 11.5 Å². The predicted molar refractivity (Wildman–Crippen MR) is 63.1 cm³/mol. The molecule has 0 bridgehead atoms. The zero-order chi connectivity index (χ0) is 12.0. The maximum absolute atomic E-state index is 11.3. The number of sulfone groups is 1. The van der Waals surface area contributed by atoms with Gasteiger partial charge in [-0.25, -0.2) is 13.2 Å². The zero-order valence-corrected chi connectivity index (χ0v) is 10.5. The molecule has 0 saturated carbocycles. The van der Waals surface area contributed by atoms with Gasteiger partial charge in [0.1, 0.15) is 0 Å². The van der Waals surface area contributed by atoms with Gasteiger partial charge >= 0.3 is 6.03 Å². The molecule has 16 heavy (non-hydrogen) atoms. The molecule has 0 aromatic rings. The van der Waals surface area contributed by atoms with Crippen LogP contribution >= 0.6 is 0 Å². The molecule has 1 rings (SSSR count). The van der Waals surface area contributed by atoms with Crippen LogP contribution < -0.4 is 10.6 Å².